The number of hydrogen-bond acceptors (Lipinski definition) is 5. The Bertz CT molecular complexity index is 790. The Kier molecular flexibility index (Phi) is 4.13. The number of aromatic nitrogens is 3. The maximum absolute atomic E-state index is 8.99. The minimum absolute atomic E-state index is 0.0213. The number of fused-ring (bicyclic) bond motifs is 1. The molecule has 1 aromatic carbocycles. The number of rotatable bonds is 5. The van der Waals surface area contributed by atoms with Crippen LogP contribution in [0.5, 0.6) is 5.75 Å². The minimum Gasteiger partial charge on any atom is -0.493 e. The molecule has 0 fully saturated rings. The number of aliphatic hydroxyl groups is 1. The van der Waals surface area contributed by atoms with E-state index < -0.39 is 0 Å². The van der Waals surface area contributed by atoms with Crippen molar-refractivity contribution in [2.45, 2.75) is 0 Å². The Hall–Kier alpha value is -2.31. The zero-order chi connectivity index (χ0) is 15.5. The molecule has 0 unspecified atom stereocenters. The van der Waals surface area contributed by atoms with Crippen molar-refractivity contribution in [1.29, 1.82) is 0 Å². The molecular formula is C15H15ClN4O2. The van der Waals surface area contributed by atoms with Crippen molar-refractivity contribution in [3.8, 4) is 16.9 Å². The summed E-state index contributed by atoms with van der Waals surface area (Å²) in [5.41, 5.74) is 2.55. The van der Waals surface area contributed by atoms with Gasteiger partial charge in [-0.15, -0.1) is 0 Å². The average molecular weight is 319 g/mol. The zero-order valence-electron chi connectivity index (χ0n) is 11.9. The lowest BCUT2D eigenvalue weighted by molar-refractivity contribution is 0.311. The van der Waals surface area contributed by atoms with Crippen LogP contribution in [0.15, 0.2) is 30.6 Å². The Morgan fingerprint density at radius 2 is 2.27 bits per heavy atom. The van der Waals surface area contributed by atoms with Crippen molar-refractivity contribution in [2.75, 3.05) is 25.6 Å². The summed E-state index contributed by atoms with van der Waals surface area (Å²) >= 11 is 6.19. The molecular weight excluding hydrogens is 304 g/mol. The molecule has 0 bridgehead atoms. The van der Waals surface area contributed by atoms with Gasteiger partial charge in [0.1, 0.15) is 11.3 Å². The van der Waals surface area contributed by atoms with Crippen LogP contribution in [0, 0.1) is 0 Å². The normalized spacial score (nSPS) is 10.9. The van der Waals surface area contributed by atoms with E-state index in [0.29, 0.717) is 28.7 Å². The van der Waals surface area contributed by atoms with Crippen molar-refractivity contribution in [3.05, 3.63) is 35.6 Å². The molecule has 2 aromatic heterocycles. The lowest BCUT2D eigenvalue weighted by Gasteiger charge is -2.13. The number of H-pyrrole nitrogens is 1. The smallest absolute Gasteiger partial charge is 0.163 e. The highest BCUT2D eigenvalue weighted by molar-refractivity contribution is 6.33. The van der Waals surface area contributed by atoms with Gasteiger partial charge >= 0.3 is 0 Å². The maximum atomic E-state index is 8.99. The highest BCUT2D eigenvalue weighted by atomic mass is 35.5. The van der Waals surface area contributed by atoms with Gasteiger partial charge in [0.2, 0.25) is 0 Å². The zero-order valence-corrected chi connectivity index (χ0v) is 12.7. The third kappa shape index (κ3) is 2.58. The van der Waals surface area contributed by atoms with Crippen LogP contribution < -0.4 is 10.1 Å². The van der Waals surface area contributed by atoms with Crippen molar-refractivity contribution < 1.29 is 9.84 Å². The molecule has 3 N–H and O–H groups in total. The van der Waals surface area contributed by atoms with Gasteiger partial charge in [0.15, 0.2) is 5.75 Å². The van der Waals surface area contributed by atoms with Crippen LogP contribution in [-0.2, 0) is 0 Å². The van der Waals surface area contributed by atoms with E-state index in [1.165, 1.54) is 0 Å². The van der Waals surface area contributed by atoms with Gasteiger partial charge in [-0.2, -0.15) is 5.10 Å². The monoisotopic (exact) mass is 318 g/mol. The SMILES string of the molecule is COc1c(Cl)ccc2c(-c3cn[nH]c3)cc(NCCO)nc12. The number of aromatic amines is 1. The number of benzene rings is 1. The molecule has 0 aliphatic rings. The molecule has 0 saturated heterocycles. The Morgan fingerprint density at radius 1 is 1.41 bits per heavy atom. The average Bonchev–Trinajstić information content (AvgIpc) is 3.06. The second-order valence-electron chi connectivity index (χ2n) is 4.67. The number of ether oxygens (including phenoxy) is 1. The first-order valence-electron chi connectivity index (χ1n) is 6.75. The fourth-order valence-electron chi connectivity index (χ4n) is 2.35. The molecule has 0 saturated carbocycles. The summed E-state index contributed by atoms with van der Waals surface area (Å²) in [5, 5.41) is 20.3. The number of halogens is 1. The summed E-state index contributed by atoms with van der Waals surface area (Å²) in [6, 6.07) is 5.61. The lowest BCUT2D eigenvalue weighted by atomic mass is 10.0. The molecule has 3 rings (SSSR count). The Morgan fingerprint density at radius 3 is 2.95 bits per heavy atom. The molecule has 22 heavy (non-hydrogen) atoms. The second kappa shape index (κ2) is 6.21. The molecule has 114 valence electrons. The van der Waals surface area contributed by atoms with Gasteiger partial charge in [0.25, 0.3) is 0 Å². The number of aliphatic hydroxyl groups excluding tert-OH is 1. The van der Waals surface area contributed by atoms with Gasteiger partial charge in [-0.25, -0.2) is 4.98 Å². The van der Waals surface area contributed by atoms with Crippen molar-refractivity contribution >= 4 is 28.3 Å². The van der Waals surface area contributed by atoms with Crippen LogP contribution in [-0.4, -0.2) is 40.5 Å². The lowest BCUT2D eigenvalue weighted by Crippen LogP contribution is -2.07. The summed E-state index contributed by atoms with van der Waals surface area (Å²) in [6.45, 7) is 0.430. The number of nitrogens with zero attached hydrogens (tertiary/aromatic N) is 2. The van der Waals surface area contributed by atoms with E-state index in [4.69, 9.17) is 21.4 Å². The quantitative estimate of drug-likeness (QED) is 0.673. The van der Waals surface area contributed by atoms with Gasteiger partial charge < -0.3 is 15.2 Å². The van der Waals surface area contributed by atoms with Gasteiger partial charge in [0, 0.05) is 23.7 Å². The summed E-state index contributed by atoms with van der Waals surface area (Å²) in [6.07, 6.45) is 3.55. The topological polar surface area (TPSA) is 83.1 Å². The molecule has 6 nitrogen and oxygen atoms in total. The molecule has 0 spiro atoms. The van der Waals surface area contributed by atoms with E-state index in [9.17, 15) is 0 Å². The van der Waals surface area contributed by atoms with Gasteiger partial charge in [-0.3, -0.25) is 5.10 Å². The van der Waals surface area contributed by atoms with Crippen molar-refractivity contribution in [3.63, 3.8) is 0 Å². The van der Waals surface area contributed by atoms with E-state index in [1.54, 1.807) is 19.4 Å². The Balaban J connectivity index is 2.27. The standard InChI is InChI=1S/C15H15ClN4O2/c1-22-15-12(16)3-2-10-11(9-7-18-19-8-9)6-13(17-4-5-21)20-14(10)15/h2-3,6-8,21H,4-5H2,1H3,(H,17,20)(H,18,19). The number of pyridine rings is 1. The van der Waals surface area contributed by atoms with E-state index in [1.807, 2.05) is 18.3 Å². The molecule has 2 heterocycles. The van der Waals surface area contributed by atoms with E-state index in [-0.39, 0.29) is 6.61 Å². The molecule has 0 aliphatic carbocycles. The third-order valence-corrected chi connectivity index (χ3v) is 3.62. The van der Waals surface area contributed by atoms with Crippen LogP contribution >= 0.6 is 11.6 Å². The molecule has 3 aromatic rings. The highest BCUT2D eigenvalue weighted by Gasteiger charge is 2.14. The number of methoxy groups -OCH3 is 1. The van der Waals surface area contributed by atoms with E-state index in [2.05, 4.69) is 20.5 Å². The van der Waals surface area contributed by atoms with Crippen LogP contribution in [0.3, 0.4) is 0 Å². The molecule has 7 heteroatoms. The van der Waals surface area contributed by atoms with Gasteiger partial charge in [0.05, 0.1) is 24.9 Å². The number of anilines is 1. The van der Waals surface area contributed by atoms with Crippen molar-refractivity contribution in [1.82, 2.24) is 15.2 Å². The number of hydrogen-bond donors (Lipinski definition) is 3. The fourth-order valence-corrected chi connectivity index (χ4v) is 2.58. The number of nitrogens with one attached hydrogen (secondary N) is 2. The summed E-state index contributed by atoms with van der Waals surface area (Å²) in [5.74, 6) is 1.16. The van der Waals surface area contributed by atoms with E-state index >= 15 is 0 Å². The summed E-state index contributed by atoms with van der Waals surface area (Å²) in [7, 11) is 1.56. The maximum Gasteiger partial charge on any atom is 0.163 e. The molecule has 0 radical (unpaired) electrons. The first-order chi connectivity index (χ1) is 10.7. The van der Waals surface area contributed by atoms with Crippen LogP contribution in [0.25, 0.3) is 22.0 Å². The highest BCUT2D eigenvalue weighted by Crippen LogP contribution is 2.38. The molecule has 0 atom stereocenters. The first-order valence-corrected chi connectivity index (χ1v) is 7.13. The summed E-state index contributed by atoms with van der Waals surface area (Å²) in [4.78, 5) is 4.55. The second-order valence-corrected chi connectivity index (χ2v) is 5.08. The molecule has 0 aliphatic heterocycles. The van der Waals surface area contributed by atoms with Crippen LogP contribution in [0.2, 0.25) is 5.02 Å². The van der Waals surface area contributed by atoms with Crippen molar-refractivity contribution in [2.24, 2.45) is 0 Å². The predicted octanol–water partition coefficient (Wildman–Crippen LogP) is 2.69. The van der Waals surface area contributed by atoms with Crippen LogP contribution in [0.1, 0.15) is 0 Å². The predicted molar refractivity (Wildman–Crippen MR) is 86.5 cm³/mol. The Labute approximate surface area is 132 Å². The fraction of sp³-hybridized carbons (Fsp3) is 0.200. The summed E-state index contributed by atoms with van der Waals surface area (Å²) < 4.78 is 5.40. The van der Waals surface area contributed by atoms with Gasteiger partial charge in [-0.05, 0) is 17.7 Å². The van der Waals surface area contributed by atoms with E-state index in [0.717, 1.165) is 16.5 Å². The minimum atomic E-state index is 0.0213. The first kappa shape index (κ1) is 14.6. The molecule has 0 amide bonds. The van der Waals surface area contributed by atoms with Gasteiger partial charge in [-0.1, -0.05) is 17.7 Å². The third-order valence-electron chi connectivity index (χ3n) is 3.32. The van der Waals surface area contributed by atoms with Crippen LogP contribution in [0.4, 0.5) is 5.82 Å². The largest absolute Gasteiger partial charge is 0.493 e.